The summed E-state index contributed by atoms with van der Waals surface area (Å²) in [5.41, 5.74) is 0.197. The zero-order valence-electron chi connectivity index (χ0n) is 13.3. The summed E-state index contributed by atoms with van der Waals surface area (Å²) in [6.07, 6.45) is 1.79. The molecular weight excluding hydrogens is 365 g/mol. The minimum Gasteiger partial charge on any atom is -0.323 e. The van der Waals surface area contributed by atoms with Crippen molar-refractivity contribution in [1.29, 1.82) is 0 Å². The average molecular weight is 382 g/mol. The molecule has 1 fully saturated rings. The Kier molecular flexibility index (Phi) is 4.84. The largest absolute Gasteiger partial charge is 0.323 e. The summed E-state index contributed by atoms with van der Waals surface area (Å²) < 4.78 is 38.0. The maximum Gasteiger partial charge on any atom is 0.246 e. The van der Waals surface area contributed by atoms with Crippen LogP contribution in [0.25, 0.3) is 0 Å². The summed E-state index contributed by atoms with van der Waals surface area (Å²) in [4.78, 5) is 13.1. The Hall–Kier alpha value is -1.92. The third kappa shape index (κ3) is 3.16. The molecule has 1 N–H and O–H groups in total. The third-order valence-electron chi connectivity index (χ3n) is 4.57. The predicted octanol–water partition coefficient (Wildman–Crippen LogP) is 4.20. The van der Waals surface area contributed by atoms with E-state index in [0.29, 0.717) is 12.8 Å². The van der Waals surface area contributed by atoms with Gasteiger partial charge in [0.2, 0.25) is 5.91 Å². The monoisotopic (exact) mass is 381 g/mol. The first kappa shape index (κ1) is 17.9. The van der Waals surface area contributed by atoms with E-state index in [1.807, 2.05) is 0 Å². The van der Waals surface area contributed by atoms with Crippen LogP contribution in [0.4, 0.5) is 10.1 Å². The van der Waals surface area contributed by atoms with E-state index in [0.717, 1.165) is 12.1 Å². The summed E-state index contributed by atoms with van der Waals surface area (Å²) in [6, 6.07) is 11.5. The minimum atomic E-state index is -3.87. The van der Waals surface area contributed by atoms with Crippen LogP contribution >= 0.6 is 11.6 Å². The number of hydrogen-bond donors (Lipinski definition) is 1. The van der Waals surface area contributed by atoms with Gasteiger partial charge in [-0.1, -0.05) is 42.6 Å². The van der Waals surface area contributed by atoms with E-state index < -0.39 is 26.3 Å². The second kappa shape index (κ2) is 6.77. The maximum atomic E-state index is 13.2. The van der Waals surface area contributed by atoms with Crippen molar-refractivity contribution in [2.75, 3.05) is 5.32 Å². The molecule has 3 rings (SSSR count). The van der Waals surface area contributed by atoms with E-state index in [1.54, 1.807) is 18.2 Å². The number of amides is 1. The quantitative estimate of drug-likeness (QED) is 0.863. The number of rotatable bonds is 4. The van der Waals surface area contributed by atoms with Crippen LogP contribution in [0.2, 0.25) is 5.02 Å². The number of anilines is 1. The van der Waals surface area contributed by atoms with Crippen molar-refractivity contribution in [3.8, 4) is 0 Å². The molecule has 0 saturated heterocycles. The van der Waals surface area contributed by atoms with E-state index >= 15 is 0 Å². The third-order valence-corrected chi connectivity index (χ3v) is 7.40. The Morgan fingerprint density at radius 2 is 1.72 bits per heavy atom. The smallest absolute Gasteiger partial charge is 0.246 e. The van der Waals surface area contributed by atoms with Gasteiger partial charge in [0.1, 0.15) is 5.82 Å². The fraction of sp³-hybridized carbons (Fsp3) is 0.278. The lowest BCUT2D eigenvalue weighted by atomic mass is 10.1. The molecule has 1 aliphatic carbocycles. The molecule has 1 aliphatic rings. The molecule has 0 bridgehead atoms. The molecule has 0 radical (unpaired) electrons. The van der Waals surface area contributed by atoms with Crippen LogP contribution in [-0.4, -0.2) is 19.1 Å². The van der Waals surface area contributed by atoms with Crippen LogP contribution in [-0.2, 0) is 14.6 Å². The molecule has 25 heavy (non-hydrogen) atoms. The summed E-state index contributed by atoms with van der Waals surface area (Å²) in [6.45, 7) is 0. The molecule has 1 amide bonds. The van der Waals surface area contributed by atoms with Gasteiger partial charge in [0.15, 0.2) is 14.6 Å². The number of sulfone groups is 1. The SMILES string of the molecule is O=C(Nc1ccc(F)cc1Cl)C1(S(=O)(=O)c2ccccc2)CCCC1. The number of carbonyl (C=O) groups excluding carboxylic acids is 1. The van der Waals surface area contributed by atoms with Crippen molar-refractivity contribution in [1.82, 2.24) is 0 Å². The van der Waals surface area contributed by atoms with Crippen molar-refractivity contribution < 1.29 is 17.6 Å². The van der Waals surface area contributed by atoms with E-state index in [-0.39, 0.29) is 28.4 Å². The summed E-state index contributed by atoms with van der Waals surface area (Å²) >= 11 is 5.95. The molecule has 7 heteroatoms. The molecular formula is C18H17ClFNO3S. The highest BCUT2D eigenvalue weighted by atomic mass is 35.5. The number of benzene rings is 2. The lowest BCUT2D eigenvalue weighted by molar-refractivity contribution is -0.118. The lowest BCUT2D eigenvalue weighted by Gasteiger charge is -2.27. The number of halogens is 2. The van der Waals surface area contributed by atoms with Gasteiger partial charge in [-0.25, -0.2) is 12.8 Å². The van der Waals surface area contributed by atoms with Gasteiger partial charge in [-0.05, 0) is 43.2 Å². The molecule has 1 saturated carbocycles. The van der Waals surface area contributed by atoms with Gasteiger partial charge in [0, 0.05) is 0 Å². The number of carbonyl (C=O) groups is 1. The summed E-state index contributed by atoms with van der Waals surface area (Å²) in [5.74, 6) is -1.15. The van der Waals surface area contributed by atoms with Crippen LogP contribution < -0.4 is 5.32 Å². The summed E-state index contributed by atoms with van der Waals surface area (Å²) in [7, 11) is -3.87. The first-order valence-electron chi connectivity index (χ1n) is 7.93. The topological polar surface area (TPSA) is 63.2 Å². The van der Waals surface area contributed by atoms with Crippen molar-refractivity contribution in [3.05, 3.63) is 59.4 Å². The maximum absolute atomic E-state index is 13.2. The first-order valence-corrected chi connectivity index (χ1v) is 9.79. The van der Waals surface area contributed by atoms with Gasteiger partial charge >= 0.3 is 0 Å². The normalized spacial score (nSPS) is 16.6. The number of hydrogen-bond acceptors (Lipinski definition) is 3. The molecule has 0 atom stereocenters. The molecule has 0 aromatic heterocycles. The van der Waals surface area contributed by atoms with E-state index in [4.69, 9.17) is 11.6 Å². The standard InChI is InChI=1S/C18H17ClFNO3S/c19-15-12-13(20)8-9-16(15)21-17(22)18(10-4-5-11-18)25(23,24)14-6-2-1-3-7-14/h1-3,6-9,12H,4-5,10-11H2,(H,21,22). The minimum absolute atomic E-state index is 0.0265. The van der Waals surface area contributed by atoms with Crippen LogP contribution in [0, 0.1) is 5.82 Å². The Morgan fingerprint density at radius 3 is 2.32 bits per heavy atom. The fourth-order valence-corrected chi connectivity index (χ4v) is 5.52. The van der Waals surface area contributed by atoms with Crippen LogP contribution in [0.1, 0.15) is 25.7 Å². The van der Waals surface area contributed by atoms with Gasteiger partial charge in [-0.15, -0.1) is 0 Å². The molecule has 0 heterocycles. The molecule has 132 valence electrons. The highest BCUT2D eigenvalue weighted by Crippen LogP contribution is 2.41. The van der Waals surface area contributed by atoms with Gasteiger partial charge in [0.05, 0.1) is 15.6 Å². The zero-order chi connectivity index (χ0) is 18.1. The van der Waals surface area contributed by atoms with E-state index in [9.17, 15) is 17.6 Å². The second-order valence-corrected chi connectivity index (χ2v) is 8.76. The van der Waals surface area contributed by atoms with Crippen LogP contribution in [0.5, 0.6) is 0 Å². The second-order valence-electron chi connectivity index (χ2n) is 6.10. The van der Waals surface area contributed by atoms with Crippen molar-refractivity contribution >= 4 is 33.0 Å². The highest BCUT2D eigenvalue weighted by molar-refractivity contribution is 7.93. The zero-order valence-corrected chi connectivity index (χ0v) is 14.9. The van der Waals surface area contributed by atoms with Crippen molar-refractivity contribution in [2.45, 2.75) is 35.3 Å². The molecule has 4 nitrogen and oxygen atoms in total. The first-order chi connectivity index (χ1) is 11.9. The fourth-order valence-electron chi connectivity index (χ4n) is 3.22. The van der Waals surface area contributed by atoms with Gasteiger partial charge in [-0.2, -0.15) is 0 Å². The molecule has 2 aromatic carbocycles. The average Bonchev–Trinajstić information content (AvgIpc) is 3.10. The van der Waals surface area contributed by atoms with E-state index in [1.165, 1.54) is 18.2 Å². The lowest BCUT2D eigenvalue weighted by Crippen LogP contribution is -2.47. The van der Waals surface area contributed by atoms with Crippen LogP contribution in [0.3, 0.4) is 0 Å². The van der Waals surface area contributed by atoms with Crippen molar-refractivity contribution in [3.63, 3.8) is 0 Å². The molecule has 0 spiro atoms. The predicted molar refractivity (Wildman–Crippen MR) is 94.9 cm³/mol. The molecule has 0 unspecified atom stereocenters. The van der Waals surface area contributed by atoms with Gasteiger partial charge < -0.3 is 5.32 Å². The van der Waals surface area contributed by atoms with Gasteiger partial charge in [0.25, 0.3) is 0 Å². The van der Waals surface area contributed by atoms with Crippen LogP contribution in [0.15, 0.2) is 53.4 Å². The Morgan fingerprint density at radius 1 is 1.08 bits per heavy atom. The Bertz CT molecular complexity index is 894. The Labute approximate surface area is 150 Å². The molecule has 0 aliphatic heterocycles. The van der Waals surface area contributed by atoms with Gasteiger partial charge in [-0.3, -0.25) is 4.79 Å². The van der Waals surface area contributed by atoms with E-state index in [2.05, 4.69) is 5.32 Å². The highest BCUT2D eigenvalue weighted by Gasteiger charge is 2.53. The molecule has 2 aromatic rings. The van der Waals surface area contributed by atoms with Crippen molar-refractivity contribution in [2.24, 2.45) is 0 Å². The Balaban J connectivity index is 1.99. The summed E-state index contributed by atoms with van der Waals surface area (Å²) in [5, 5.41) is 2.61. The number of nitrogens with one attached hydrogen (secondary N) is 1.